The highest BCUT2D eigenvalue weighted by molar-refractivity contribution is 9.10. The molecule has 1 aromatic carbocycles. The van der Waals surface area contributed by atoms with Gasteiger partial charge in [0, 0.05) is 9.35 Å². The van der Waals surface area contributed by atoms with E-state index < -0.39 is 0 Å². The summed E-state index contributed by atoms with van der Waals surface area (Å²) in [6.07, 6.45) is 5.47. The molecule has 1 aliphatic rings. The molecule has 0 nitrogen and oxygen atoms in total. The van der Waals surface area contributed by atoms with Gasteiger partial charge in [-0.15, -0.1) is 11.3 Å². The van der Waals surface area contributed by atoms with Gasteiger partial charge in [-0.1, -0.05) is 34.1 Å². The highest BCUT2D eigenvalue weighted by Gasteiger charge is 2.11. The maximum atomic E-state index is 3.64. The van der Waals surface area contributed by atoms with Gasteiger partial charge in [0.05, 0.1) is 0 Å². The van der Waals surface area contributed by atoms with Crippen LogP contribution in [0.5, 0.6) is 0 Å². The topological polar surface area (TPSA) is 0 Å². The first-order valence-corrected chi connectivity index (χ1v) is 6.55. The Hall–Kier alpha value is -0.860. The number of thiophene rings is 1. The Balaban J connectivity index is 2.17. The summed E-state index contributed by atoms with van der Waals surface area (Å²) >= 11 is 5.43. The van der Waals surface area contributed by atoms with E-state index in [9.17, 15) is 0 Å². The van der Waals surface area contributed by atoms with Gasteiger partial charge >= 0.3 is 0 Å². The number of fused-ring (bicyclic) bond motifs is 1. The quantitative estimate of drug-likeness (QED) is 0.705. The van der Waals surface area contributed by atoms with Crippen LogP contribution in [0.3, 0.4) is 0 Å². The van der Waals surface area contributed by atoms with Gasteiger partial charge in [-0.05, 0) is 46.7 Å². The van der Waals surface area contributed by atoms with E-state index in [2.05, 4.69) is 57.7 Å². The zero-order chi connectivity index (χ0) is 10.3. The van der Waals surface area contributed by atoms with E-state index in [1.54, 1.807) is 11.3 Å². The second-order valence-electron chi connectivity index (χ2n) is 3.61. The Morgan fingerprint density at radius 2 is 2.20 bits per heavy atom. The van der Waals surface area contributed by atoms with Crippen LogP contribution in [0.1, 0.15) is 11.1 Å². The summed E-state index contributed by atoms with van der Waals surface area (Å²) in [7, 11) is 0. The van der Waals surface area contributed by atoms with E-state index in [1.165, 1.54) is 26.0 Å². The molecule has 0 bridgehead atoms. The third-order valence-electron chi connectivity index (χ3n) is 2.64. The van der Waals surface area contributed by atoms with E-state index >= 15 is 0 Å². The van der Waals surface area contributed by atoms with Crippen molar-refractivity contribution in [2.24, 2.45) is 0 Å². The third-order valence-corrected chi connectivity index (χ3v) is 4.22. The number of hydrogen-bond acceptors (Lipinski definition) is 1. The number of benzene rings is 1. The maximum absolute atomic E-state index is 3.64. The van der Waals surface area contributed by atoms with Crippen LogP contribution < -0.4 is 0 Å². The summed E-state index contributed by atoms with van der Waals surface area (Å²) in [5.41, 5.74) is 4.09. The van der Waals surface area contributed by atoms with Gasteiger partial charge in [0.25, 0.3) is 0 Å². The number of rotatable bonds is 1. The van der Waals surface area contributed by atoms with E-state index in [4.69, 9.17) is 0 Å². The van der Waals surface area contributed by atoms with Crippen LogP contribution >= 0.6 is 27.3 Å². The van der Waals surface area contributed by atoms with E-state index in [-0.39, 0.29) is 0 Å². The number of halogens is 1. The van der Waals surface area contributed by atoms with Crippen molar-refractivity contribution in [1.29, 1.82) is 0 Å². The Morgan fingerprint density at radius 3 is 3.00 bits per heavy atom. The van der Waals surface area contributed by atoms with Gasteiger partial charge in [-0.25, -0.2) is 0 Å². The van der Waals surface area contributed by atoms with Crippen molar-refractivity contribution >= 4 is 33.3 Å². The van der Waals surface area contributed by atoms with Crippen molar-refractivity contribution in [3.05, 3.63) is 51.3 Å². The molecule has 1 aromatic heterocycles. The SMILES string of the molecule is Brc1cc(-c2cccs2)cc2c1C=CC2. The lowest BCUT2D eigenvalue weighted by Gasteiger charge is -2.05. The molecule has 0 N–H and O–H groups in total. The van der Waals surface area contributed by atoms with Crippen molar-refractivity contribution in [2.45, 2.75) is 6.42 Å². The van der Waals surface area contributed by atoms with Crippen LogP contribution in [0.25, 0.3) is 16.5 Å². The van der Waals surface area contributed by atoms with Gasteiger partial charge in [-0.2, -0.15) is 0 Å². The maximum Gasteiger partial charge on any atom is 0.0343 e. The molecular weight excluding hydrogens is 268 g/mol. The molecular formula is C13H9BrS. The summed E-state index contributed by atoms with van der Waals surface area (Å²) in [4.78, 5) is 1.34. The molecule has 2 aromatic rings. The molecule has 0 fully saturated rings. The first-order valence-electron chi connectivity index (χ1n) is 4.87. The van der Waals surface area contributed by atoms with Crippen LogP contribution in [0.15, 0.2) is 40.2 Å². The molecule has 0 aliphatic heterocycles. The van der Waals surface area contributed by atoms with Crippen LogP contribution in [-0.4, -0.2) is 0 Å². The summed E-state index contributed by atoms with van der Waals surface area (Å²) in [6.45, 7) is 0. The molecule has 0 atom stereocenters. The van der Waals surface area contributed by atoms with Crippen LogP contribution in [-0.2, 0) is 6.42 Å². The Labute approximate surface area is 101 Å². The number of allylic oxidation sites excluding steroid dienone is 1. The lowest BCUT2D eigenvalue weighted by atomic mass is 10.1. The average molecular weight is 277 g/mol. The molecule has 0 saturated carbocycles. The zero-order valence-electron chi connectivity index (χ0n) is 8.03. The summed E-state index contributed by atoms with van der Waals surface area (Å²) in [6, 6.07) is 8.77. The first kappa shape index (κ1) is 9.37. The normalized spacial score (nSPS) is 13.1. The second-order valence-corrected chi connectivity index (χ2v) is 5.42. The molecule has 1 aliphatic carbocycles. The largest absolute Gasteiger partial charge is 0.144 e. The van der Waals surface area contributed by atoms with Gasteiger partial charge in [0.15, 0.2) is 0 Å². The van der Waals surface area contributed by atoms with Crippen molar-refractivity contribution in [1.82, 2.24) is 0 Å². The fourth-order valence-electron chi connectivity index (χ4n) is 1.92. The van der Waals surface area contributed by atoms with Crippen molar-refractivity contribution in [3.63, 3.8) is 0 Å². The molecule has 2 heteroatoms. The molecule has 0 amide bonds. The van der Waals surface area contributed by atoms with Crippen molar-refractivity contribution < 1.29 is 0 Å². The standard InChI is InChI=1S/C13H9BrS/c14-12-8-10(13-5-2-6-15-13)7-9-3-1-4-11(9)12/h1-2,4-8H,3H2. The zero-order valence-corrected chi connectivity index (χ0v) is 10.4. The van der Waals surface area contributed by atoms with Gasteiger partial charge in [0.1, 0.15) is 0 Å². The molecule has 0 saturated heterocycles. The Bertz CT molecular complexity index is 524. The fourth-order valence-corrected chi connectivity index (χ4v) is 3.27. The molecule has 3 rings (SSSR count). The average Bonchev–Trinajstić information content (AvgIpc) is 2.88. The monoisotopic (exact) mass is 276 g/mol. The van der Waals surface area contributed by atoms with Crippen LogP contribution in [0.2, 0.25) is 0 Å². The van der Waals surface area contributed by atoms with Gasteiger partial charge in [-0.3, -0.25) is 0 Å². The van der Waals surface area contributed by atoms with Crippen molar-refractivity contribution in [2.75, 3.05) is 0 Å². The molecule has 0 radical (unpaired) electrons. The van der Waals surface area contributed by atoms with E-state index in [1.807, 2.05) is 0 Å². The van der Waals surface area contributed by atoms with Gasteiger partial charge < -0.3 is 0 Å². The van der Waals surface area contributed by atoms with Crippen molar-refractivity contribution in [3.8, 4) is 10.4 Å². The fraction of sp³-hybridized carbons (Fsp3) is 0.0769. The minimum atomic E-state index is 1.06. The summed E-state index contributed by atoms with van der Waals surface area (Å²) < 4.78 is 1.21. The predicted molar refractivity (Wildman–Crippen MR) is 70.2 cm³/mol. The second kappa shape index (κ2) is 3.62. The van der Waals surface area contributed by atoms with Crippen LogP contribution in [0, 0.1) is 0 Å². The highest BCUT2D eigenvalue weighted by atomic mass is 79.9. The van der Waals surface area contributed by atoms with Crippen LogP contribution in [0.4, 0.5) is 0 Å². The van der Waals surface area contributed by atoms with Gasteiger partial charge in [0.2, 0.25) is 0 Å². The highest BCUT2D eigenvalue weighted by Crippen LogP contribution is 2.34. The molecule has 15 heavy (non-hydrogen) atoms. The smallest absolute Gasteiger partial charge is 0.0343 e. The number of hydrogen-bond donors (Lipinski definition) is 0. The third kappa shape index (κ3) is 1.58. The molecule has 1 heterocycles. The minimum absolute atomic E-state index is 1.06. The molecule has 0 unspecified atom stereocenters. The first-order chi connectivity index (χ1) is 7.34. The lowest BCUT2D eigenvalue weighted by molar-refractivity contribution is 1.31. The van der Waals surface area contributed by atoms with E-state index in [0.29, 0.717) is 0 Å². The lowest BCUT2D eigenvalue weighted by Crippen LogP contribution is -1.85. The molecule has 0 spiro atoms. The summed E-state index contributed by atoms with van der Waals surface area (Å²) in [5.74, 6) is 0. The summed E-state index contributed by atoms with van der Waals surface area (Å²) in [5, 5.41) is 2.12. The Morgan fingerprint density at radius 1 is 1.27 bits per heavy atom. The minimum Gasteiger partial charge on any atom is -0.144 e. The predicted octanol–water partition coefficient (Wildman–Crippen LogP) is 4.75. The van der Waals surface area contributed by atoms with E-state index in [0.717, 1.165) is 6.42 Å². The molecule has 74 valence electrons. The Kier molecular flexibility index (Phi) is 2.26.